The molecule has 92 valence electrons. The van der Waals surface area contributed by atoms with Crippen LogP contribution in [0.3, 0.4) is 0 Å². The number of anilines is 1. The predicted molar refractivity (Wildman–Crippen MR) is 72.9 cm³/mol. The number of amidine groups is 1. The molecule has 0 aromatic heterocycles. The third-order valence-corrected chi connectivity index (χ3v) is 2.72. The molecule has 1 heterocycles. The van der Waals surface area contributed by atoms with Gasteiger partial charge in [0.05, 0.1) is 6.54 Å². The van der Waals surface area contributed by atoms with E-state index in [9.17, 15) is 0 Å². The van der Waals surface area contributed by atoms with E-state index in [1.807, 2.05) is 0 Å². The number of nitrogens with one attached hydrogen (secondary N) is 2. The Hall–Kier alpha value is -1.55. The topological polar surface area (TPSA) is 39.7 Å². The molecular formula is C13H20N4. The van der Waals surface area contributed by atoms with E-state index < -0.39 is 0 Å². The Morgan fingerprint density at radius 1 is 1.29 bits per heavy atom. The van der Waals surface area contributed by atoms with Crippen LogP contribution in [0.4, 0.5) is 5.69 Å². The van der Waals surface area contributed by atoms with Gasteiger partial charge in [0.1, 0.15) is 5.84 Å². The van der Waals surface area contributed by atoms with E-state index >= 15 is 0 Å². The SMILES string of the molecule is CN(C)CCNc1ccc(C2=NCCN2)cc1. The third-order valence-electron chi connectivity index (χ3n) is 2.72. The molecule has 0 atom stereocenters. The smallest absolute Gasteiger partial charge is 0.128 e. The van der Waals surface area contributed by atoms with E-state index in [1.54, 1.807) is 0 Å². The van der Waals surface area contributed by atoms with Gasteiger partial charge in [-0.1, -0.05) is 0 Å². The minimum absolute atomic E-state index is 0.887. The van der Waals surface area contributed by atoms with Crippen LogP contribution in [0.5, 0.6) is 0 Å². The number of nitrogens with zero attached hydrogens (tertiary/aromatic N) is 2. The minimum Gasteiger partial charge on any atom is -0.384 e. The van der Waals surface area contributed by atoms with Gasteiger partial charge >= 0.3 is 0 Å². The second-order valence-corrected chi connectivity index (χ2v) is 4.46. The van der Waals surface area contributed by atoms with Crippen LogP contribution in [-0.4, -0.2) is 51.0 Å². The van der Waals surface area contributed by atoms with Crippen molar-refractivity contribution in [2.75, 3.05) is 45.6 Å². The van der Waals surface area contributed by atoms with Gasteiger partial charge in [-0.25, -0.2) is 0 Å². The molecule has 2 rings (SSSR count). The average molecular weight is 232 g/mol. The summed E-state index contributed by atoms with van der Waals surface area (Å²) in [6.45, 7) is 3.85. The van der Waals surface area contributed by atoms with Crippen LogP contribution in [0, 0.1) is 0 Å². The standard InChI is InChI=1S/C13H20N4/c1-17(2)10-9-14-12-5-3-11(4-6-12)13-15-7-8-16-13/h3-6,14H,7-10H2,1-2H3,(H,15,16). The highest BCUT2D eigenvalue weighted by molar-refractivity contribution is 5.99. The molecule has 0 fully saturated rings. The molecule has 1 aliphatic rings. The van der Waals surface area contributed by atoms with Crippen molar-refractivity contribution < 1.29 is 0 Å². The van der Waals surface area contributed by atoms with Gasteiger partial charge in [0.15, 0.2) is 0 Å². The van der Waals surface area contributed by atoms with Gasteiger partial charge < -0.3 is 15.5 Å². The first kappa shape index (κ1) is 11.9. The number of aliphatic imine (C=N–C) groups is 1. The van der Waals surface area contributed by atoms with E-state index in [1.165, 1.54) is 5.56 Å². The molecule has 0 spiro atoms. The molecule has 0 unspecified atom stereocenters. The van der Waals surface area contributed by atoms with E-state index in [-0.39, 0.29) is 0 Å². The zero-order valence-corrected chi connectivity index (χ0v) is 10.5. The monoisotopic (exact) mass is 232 g/mol. The summed E-state index contributed by atoms with van der Waals surface area (Å²) < 4.78 is 0. The largest absolute Gasteiger partial charge is 0.384 e. The molecule has 4 heteroatoms. The van der Waals surface area contributed by atoms with Crippen LogP contribution < -0.4 is 10.6 Å². The van der Waals surface area contributed by atoms with Crippen LogP contribution in [0.15, 0.2) is 29.3 Å². The zero-order chi connectivity index (χ0) is 12.1. The summed E-state index contributed by atoms with van der Waals surface area (Å²) >= 11 is 0. The van der Waals surface area contributed by atoms with Crippen LogP contribution in [-0.2, 0) is 0 Å². The van der Waals surface area contributed by atoms with Crippen LogP contribution in [0.2, 0.25) is 0 Å². The molecule has 0 saturated heterocycles. The summed E-state index contributed by atoms with van der Waals surface area (Å²) in [5.74, 6) is 1.02. The first-order valence-corrected chi connectivity index (χ1v) is 6.03. The van der Waals surface area contributed by atoms with Crippen LogP contribution in [0.1, 0.15) is 5.56 Å². The van der Waals surface area contributed by atoms with Gasteiger partial charge in [0, 0.05) is 30.9 Å². The van der Waals surface area contributed by atoms with E-state index in [2.05, 4.69) is 58.9 Å². The lowest BCUT2D eigenvalue weighted by Gasteiger charge is -2.11. The Bertz CT molecular complexity index is 381. The fourth-order valence-electron chi connectivity index (χ4n) is 1.76. The quantitative estimate of drug-likeness (QED) is 0.796. The number of likely N-dealkylation sites (N-methyl/N-ethyl adjacent to an activating group) is 1. The second-order valence-electron chi connectivity index (χ2n) is 4.46. The molecule has 0 amide bonds. The molecule has 0 saturated carbocycles. The van der Waals surface area contributed by atoms with Crippen molar-refractivity contribution in [3.63, 3.8) is 0 Å². The molecule has 1 aliphatic heterocycles. The Morgan fingerprint density at radius 3 is 2.65 bits per heavy atom. The lowest BCUT2D eigenvalue weighted by Crippen LogP contribution is -2.21. The number of hydrogen-bond donors (Lipinski definition) is 2. The molecule has 0 radical (unpaired) electrons. The summed E-state index contributed by atoms with van der Waals surface area (Å²) in [6, 6.07) is 8.42. The number of hydrogen-bond acceptors (Lipinski definition) is 4. The van der Waals surface area contributed by atoms with Crippen LogP contribution in [0.25, 0.3) is 0 Å². The molecule has 1 aromatic rings. The fraction of sp³-hybridized carbons (Fsp3) is 0.462. The second kappa shape index (κ2) is 5.68. The first-order chi connectivity index (χ1) is 8.25. The highest BCUT2D eigenvalue weighted by atomic mass is 15.1. The predicted octanol–water partition coefficient (Wildman–Crippen LogP) is 1.01. The normalized spacial score (nSPS) is 14.6. The summed E-state index contributed by atoms with van der Waals surface area (Å²) in [5.41, 5.74) is 2.33. The van der Waals surface area contributed by atoms with Gasteiger partial charge in [0.25, 0.3) is 0 Å². The van der Waals surface area contributed by atoms with Crippen molar-refractivity contribution in [1.82, 2.24) is 10.2 Å². The minimum atomic E-state index is 0.887. The Balaban J connectivity index is 1.89. The molecule has 2 N–H and O–H groups in total. The molecular weight excluding hydrogens is 212 g/mol. The summed E-state index contributed by atoms with van der Waals surface area (Å²) in [6.07, 6.45) is 0. The average Bonchev–Trinajstić information content (AvgIpc) is 2.83. The van der Waals surface area contributed by atoms with Crippen LogP contribution >= 0.6 is 0 Å². The van der Waals surface area contributed by atoms with Crippen molar-refractivity contribution in [1.29, 1.82) is 0 Å². The summed E-state index contributed by atoms with van der Waals surface area (Å²) in [5, 5.41) is 6.67. The summed E-state index contributed by atoms with van der Waals surface area (Å²) in [7, 11) is 4.16. The van der Waals surface area contributed by atoms with Crippen molar-refractivity contribution >= 4 is 11.5 Å². The van der Waals surface area contributed by atoms with E-state index in [4.69, 9.17) is 0 Å². The Kier molecular flexibility index (Phi) is 3.98. The fourth-order valence-corrected chi connectivity index (χ4v) is 1.76. The van der Waals surface area contributed by atoms with E-state index in [0.717, 1.165) is 37.7 Å². The Labute approximate surface area is 103 Å². The maximum absolute atomic E-state index is 4.40. The summed E-state index contributed by atoms with van der Waals surface area (Å²) in [4.78, 5) is 6.56. The lowest BCUT2D eigenvalue weighted by atomic mass is 10.2. The molecule has 0 bridgehead atoms. The van der Waals surface area contributed by atoms with Gasteiger partial charge in [-0.15, -0.1) is 0 Å². The number of benzene rings is 1. The van der Waals surface area contributed by atoms with Crippen molar-refractivity contribution in [3.8, 4) is 0 Å². The molecule has 0 aliphatic carbocycles. The van der Waals surface area contributed by atoms with Gasteiger partial charge in [-0.3, -0.25) is 4.99 Å². The Morgan fingerprint density at radius 2 is 2.06 bits per heavy atom. The maximum atomic E-state index is 4.40. The number of rotatable bonds is 5. The third kappa shape index (κ3) is 3.46. The maximum Gasteiger partial charge on any atom is 0.128 e. The van der Waals surface area contributed by atoms with Crippen molar-refractivity contribution in [2.45, 2.75) is 0 Å². The molecule has 4 nitrogen and oxygen atoms in total. The highest BCUT2D eigenvalue weighted by Crippen LogP contribution is 2.10. The van der Waals surface area contributed by atoms with Crippen molar-refractivity contribution in [2.24, 2.45) is 4.99 Å². The van der Waals surface area contributed by atoms with E-state index in [0.29, 0.717) is 0 Å². The van der Waals surface area contributed by atoms with Gasteiger partial charge in [-0.2, -0.15) is 0 Å². The van der Waals surface area contributed by atoms with Gasteiger partial charge in [0.2, 0.25) is 0 Å². The zero-order valence-electron chi connectivity index (χ0n) is 10.5. The van der Waals surface area contributed by atoms with Crippen molar-refractivity contribution in [3.05, 3.63) is 29.8 Å². The first-order valence-electron chi connectivity index (χ1n) is 6.03. The molecule has 1 aromatic carbocycles. The lowest BCUT2D eigenvalue weighted by molar-refractivity contribution is 0.425. The molecule has 17 heavy (non-hydrogen) atoms. The van der Waals surface area contributed by atoms with Gasteiger partial charge in [-0.05, 0) is 38.4 Å². The highest BCUT2D eigenvalue weighted by Gasteiger charge is 2.06.